The first-order valence-corrected chi connectivity index (χ1v) is 9.49. The predicted octanol–water partition coefficient (Wildman–Crippen LogP) is 3.23. The van der Waals surface area contributed by atoms with Crippen LogP contribution in [0.5, 0.6) is 0 Å². The van der Waals surface area contributed by atoms with Crippen molar-refractivity contribution >= 4 is 6.03 Å². The van der Waals surface area contributed by atoms with Gasteiger partial charge in [0, 0.05) is 32.2 Å². The summed E-state index contributed by atoms with van der Waals surface area (Å²) in [6.07, 6.45) is 13.0. The fraction of sp³-hybridized carbons (Fsp3) is 0.944. The maximum absolute atomic E-state index is 12.4. The highest BCUT2D eigenvalue weighted by Gasteiger charge is 2.34. The summed E-state index contributed by atoms with van der Waals surface area (Å²) in [6.45, 7) is 3.29. The molecule has 1 unspecified atom stereocenters. The van der Waals surface area contributed by atoms with Crippen LogP contribution in [0.25, 0.3) is 0 Å². The number of carbonyl (C=O) groups excluding carboxylic acids is 1. The van der Waals surface area contributed by atoms with Crippen LogP contribution in [-0.4, -0.2) is 54.6 Å². The Morgan fingerprint density at radius 3 is 2.41 bits per heavy atom. The normalized spacial score (nSPS) is 28.1. The molecule has 0 spiro atoms. The highest BCUT2D eigenvalue weighted by atomic mass is 16.2. The summed E-state index contributed by atoms with van der Waals surface area (Å²) >= 11 is 0. The molecule has 4 nitrogen and oxygen atoms in total. The Labute approximate surface area is 135 Å². The molecule has 3 rings (SSSR count). The van der Waals surface area contributed by atoms with Crippen LogP contribution >= 0.6 is 0 Å². The zero-order valence-electron chi connectivity index (χ0n) is 14.2. The lowest BCUT2D eigenvalue weighted by Crippen LogP contribution is -2.45. The van der Waals surface area contributed by atoms with Crippen LogP contribution in [0.2, 0.25) is 0 Å². The summed E-state index contributed by atoms with van der Waals surface area (Å²) in [7, 11) is 1.99. The minimum Gasteiger partial charge on any atom is -0.338 e. The zero-order chi connectivity index (χ0) is 15.4. The third kappa shape index (κ3) is 4.37. The minimum absolute atomic E-state index is 0.149. The molecule has 1 N–H and O–H groups in total. The number of amides is 2. The molecular weight excluding hydrogens is 274 g/mol. The second-order valence-corrected chi connectivity index (χ2v) is 7.68. The molecule has 2 amide bonds. The average molecular weight is 307 g/mol. The van der Waals surface area contributed by atoms with E-state index in [0.29, 0.717) is 12.0 Å². The molecule has 3 aliphatic rings. The molecule has 0 radical (unpaired) electrons. The van der Waals surface area contributed by atoms with Crippen molar-refractivity contribution in [1.29, 1.82) is 0 Å². The van der Waals surface area contributed by atoms with E-state index in [1.165, 1.54) is 77.3 Å². The lowest BCUT2D eigenvalue weighted by atomic mass is 9.96. The third-order valence-electron chi connectivity index (χ3n) is 5.87. The van der Waals surface area contributed by atoms with E-state index < -0.39 is 0 Å². The molecule has 1 saturated heterocycles. The summed E-state index contributed by atoms with van der Waals surface area (Å²) < 4.78 is 0. The van der Waals surface area contributed by atoms with Crippen LogP contribution in [0.3, 0.4) is 0 Å². The molecule has 1 aliphatic heterocycles. The molecule has 2 saturated carbocycles. The third-order valence-corrected chi connectivity index (χ3v) is 5.87. The van der Waals surface area contributed by atoms with E-state index >= 15 is 0 Å². The summed E-state index contributed by atoms with van der Waals surface area (Å²) in [5.74, 6) is 0.662. The average Bonchev–Trinajstić information content (AvgIpc) is 3.23. The monoisotopic (exact) mass is 307 g/mol. The summed E-state index contributed by atoms with van der Waals surface area (Å²) in [4.78, 5) is 17.0. The Morgan fingerprint density at radius 1 is 1.05 bits per heavy atom. The topological polar surface area (TPSA) is 35.6 Å². The highest BCUT2D eigenvalue weighted by Crippen LogP contribution is 2.31. The van der Waals surface area contributed by atoms with Crippen molar-refractivity contribution in [3.63, 3.8) is 0 Å². The predicted molar refractivity (Wildman–Crippen MR) is 90.0 cm³/mol. The number of rotatable bonds is 4. The number of nitrogens with one attached hydrogen (secondary N) is 1. The maximum Gasteiger partial charge on any atom is 0.317 e. The number of hydrogen-bond acceptors (Lipinski definition) is 2. The largest absolute Gasteiger partial charge is 0.338 e. The van der Waals surface area contributed by atoms with Gasteiger partial charge in [-0.15, -0.1) is 0 Å². The Balaban J connectivity index is 1.38. The van der Waals surface area contributed by atoms with Crippen molar-refractivity contribution in [3.05, 3.63) is 0 Å². The van der Waals surface area contributed by atoms with Gasteiger partial charge in [0.05, 0.1) is 0 Å². The summed E-state index contributed by atoms with van der Waals surface area (Å²) in [5.41, 5.74) is 0. The molecule has 22 heavy (non-hydrogen) atoms. The van der Waals surface area contributed by atoms with E-state index in [2.05, 4.69) is 10.2 Å². The molecule has 3 fully saturated rings. The van der Waals surface area contributed by atoms with Crippen LogP contribution in [-0.2, 0) is 0 Å². The lowest BCUT2D eigenvalue weighted by Gasteiger charge is -2.30. The second kappa shape index (κ2) is 7.67. The molecule has 0 bridgehead atoms. The Morgan fingerprint density at radius 2 is 1.73 bits per heavy atom. The van der Waals surface area contributed by atoms with E-state index in [1.54, 1.807) is 0 Å². The van der Waals surface area contributed by atoms with Crippen molar-refractivity contribution in [2.24, 2.45) is 5.92 Å². The van der Waals surface area contributed by atoms with E-state index in [1.807, 2.05) is 11.9 Å². The fourth-order valence-corrected chi connectivity index (χ4v) is 4.14. The minimum atomic E-state index is 0.149. The molecular formula is C18H33N3O. The number of hydrogen-bond donors (Lipinski definition) is 1. The molecule has 0 aromatic heterocycles. The number of nitrogens with zero attached hydrogens (tertiary/aromatic N) is 2. The van der Waals surface area contributed by atoms with Crippen molar-refractivity contribution in [2.45, 2.75) is 76.3 Å². The van der Waals surface area contributed by atoms with E-state index in [-0.39, 0.29) is 6.03 Å². The van der Waals surface area contributed by atoms with Gasteiger partial charge >= 0.3 is 6.03 Å². The van der Waals surface area contributed by atoms with Gasteiger partial charge in [-0.1, -0.05) is 32.1 Å². The molecule has 0 aromatic carbocycles. The summed E-state index contributed by atoms with van der Waals surface area (Å²) in [6, 6.07) is 1.47. The highest BCUT2D eigenvalue weighted by molar-refractivity contribution is 5.74. The quantitative estimate of drug-likeness (QED) is 0.865. The number of urea groups is 1. The second-order valence-electron chi connectivity index (χ2n) is 7.68. The molecule has 126 valence electrons. The maximum atomic E-state index is 12.4. The molecule has 4 heteroatoms. The first-order valence-electron chi connectivity index (χ1n) is 9.49. The van der Waals surface area contributed by atoms with Gasteiger partial charge in [0.15, 0.2) is 0 Å². The lowest BCUT2D eigenvalue weighted by molar-refractivity contribution is 0.176. The van der Waals surface area contributed by atoms with Crippen molar-refractivity contribution < 1.29 is 4.79 Å². The molecule has 1 heterocycles. The first-order chi connectivity index (χ1) is 10.7. The van der Waals surface area contributed by atoms with Gasteiger partial charge in [-0.05, 0) is 44.6 Å². The molecule has 0 aromatic rings. The van der Waals surface area contributed by atoms with Gasteiger partial charge < -0.3 is 15.1 Å². The Hall–Kier alpha value is -0.770. The SMILES string of the molecule is CN(C(=O)NCC1CCN(C2CC2)C1)C1CCCCCCC1. The fourth-order valence-electron chi connectivity index (χ4n) is 4.14. The number of carbonyl (C=O) groups is 1. The van der Waals surface area contributed by atoms with Crippen LogP contribution < -0.4 is 5.32 Å². The smallest absolute Gasteiger partial charge is 0.317 e. The Kier molecular flexibility index (Phi) is 5.61. The Bertz CT molecular complexity index is 361. The molecule has 1 atom stereocenters. The van der Waals surface area contributed by atoms with Crippen LogP contribution in [0.15, 0.2) is 0 Å². The van der Waals surface area contributed by atoms with Crippen molar-refractivity contribution in [3.8, 4) is 0 Å². The zero-order valence-corrected chi connectivity index (χ0v) is 14.2. The van der Waals surface area contributed by atoms with Crippen LogP contribution in [0.1, 0.15) is 64.2 Å². The molecule has 2 aliphatic carbocycles. The van der Waals surface area contributed by atoms with Crippen LogP contribution in [0.4, 0.5) is 4.79 Å². The van der Waals surface area contributed by atoms with E-state index in [4.69, 9.17) is 0 Å². The van der Waals surface area contributed by atoms with Gasteiger partial charge in [0.25, 0.3) is 0 Å². The van der Waals surface area contributed by atoms with E-state index in [0.717, 1.165) is 12.6 Å². The first kappa shape index (κ1) is 16.1. The van der Waals surface area contributed by atoms with Gasteiger partial charge in [0.1, 0.15) is 0 Å². The van der Waals surface area contributed by atoms with Crippen molar-refractivity contribution in [1.82, 2.24) is 15.1 Å². The number of likely N-dealkylation sites (tertiary alicyclic amines) is 1. The van der Waals surface area contributed by atoms with Crippen molar-refractivity contribution in [2.75, 3.05) is 26.7 Å². The van der Waals surface area contributed by atoms with Gasteiger partial charge in [-0.25, -0.2) is 4.79 Å². The van der Waals surface area contributed by atoms with Gasteiger partial charge in [-0.3, -0.25) is 0 Å². The van der Waals surface area contributed by atoms with Gasteiger partial charge in [0.2, 0.25) is 0 Å². The van der Waals surface area contributed by atoms with Gasteiger partial charge in [-0.2, -0.15) is 0 Å². The standard InChI is InChI=1S/C18H33N3O/c1-20(16-7-5-3-2-4-6-8-16)18(22)19-13-15-11-12-21(14-15)17-9-10-17/h15-17H,2-14H2,1H3,(H,19,22). The van der Waals surface area contributed by atoms with E-state index in [9.17, 15) is 4.79 Å². The summed E-state index contributed by atoms with van der Waals surface area (Å²) in [5, 5.41) is 3.20. The van der Waals surface area contributed by atoms with Crippen LogP contribution in [0, 0.1) is 5.92 Å².